The first kappa shape index (κ1) is 46.5. The van der Waals surface area contributed by atoms with Crippen LogP contribution < -0.4 is 13.6 Å². The van der Waals surface area contributed by atoms with Crippen LogP contribution in [0.2, 0.25) is 0 Å². The summed E-state index contributed by atoms with van der Waals surface area (Å²) in [6.45, 7) is 19.7. The van der Waals surface area contributed by atoms with E-state index in [1.54, 1.807) is 0 Å². The van der Waals surface area contributed by atoms with Crippen molar-refractivity contribution in [2.24, 2.45) is 0 Å². The summed E-state index contributed by atoms with van der Waals surface area (Å²) in [5.74, 6) is 2.12. The normalized spacial score (nSPS) is 11.7. The Morgan fingerprint density at radius 3 is 0.871 bits per heavy atom. The molecule has 6 aromatic carbocycles. The van der Waals surface area contributed by atoms with Gasteiger partial charge in [-0.25, -0.2) is 0 Å². The Labute approximate surface area is 373 Å². The van der Waals surface area contributed by atoms with E-state index in [4.69, 9.17) is 13.6 Å². The van der Waals surface area contributed by atoms with Crippen LogP contribution in [0.1, 0.15) is 152 Å². The van der Waals surface area contributed by atoms with Gasteiger partial charge in [-0.3, -0.25) is 0 Å². The first-order valence-electron chi connectivity index (χ1n) is 23.3. The second-order valence-electron chi connectivity index (χ2n) is 17.9. The van der Waals surface area contributed by atoms with E-state index in [1.165, 1.54) is 16.7 Å². The number of rotatable bonds is 21. The van der Waals surface area contributed by atoms with Crippen LogP contribution >= 0.6 is 7.82 Å². The zero-order valence-corrected chi connectivity index (χ0v) is 39.7. The standard InChI is InChI=1S/C57H69O4P/c1-10-13-16-43-19-25-46(26-20-43)52-37-49(40(4)5)31-34-55(52)59-62(58,60-56-35-32-50(41(6)7)38-53(56)47-27-21-44(22-28-47)17-14-11-2)61-57-36-33-51(42(8)9)39-54(57)48-29-23-45(24-30-48)18-15-12-3/h19-42H,10-18H2,1-9H3. The largest absolute Gasteiger partial charge is 0.647 e. The van der Waals surface area contributed by atoms with Crippen molar-refractivity contribution in [1.82, 2.24) is 0 Å². The van der Waals surface area contributed by atoms with Gasteiger partial charge in [-0.05, 0) is 143 Å². The summed E-state index contributed by atoms with van der Waals surface area (Å²) in [5, 5.41) is 0. The fraction of sp³-hybridized carbons (Fsp3) is 0.368. The first-order chi connectivity index (χ1) is 29.9. The summed E-state index contributed by atoms with van der Waals surface area (Å²) in [6, 6.07) is 44.4. The van der Waals surface area contributed by atoms with Crippen molar-refractivity contribution in [1.29, 1.82) is 0 Å². The van der Waals surface area contributed by atoms with Gasteiger partial charge in [0.25, 0.3) is 0 Å². The molecular formula is C57H69O4P. The van der Waals surface area contributed by atoms with Crippen LogP contribution in [0.25, 0.3) is 33.4 Å². The molecule has 0 fully saturated rings. The number of phosphoric acid groups is 1. The molecule has 4 nitrogen and oxygen atoms in total. The predicted molar refractivity (Wildman–Crippen MR) is 263 cm³/mol. The van der Waals surface area contributed by atoms with Gasteiger partial charge in [0, 0.05) is 16.7 Å². The van der Waals surface area contributed by atoms with Crippen molar-refractivity contribution >= 4 is 7.82 Å². The molecule has 0 aliphatic carbocycles. The number of benzene rings is 6. The number of unbranched alkanes of at least 4 members (excludes halogenated alkanes) is 3. The third kappa shape index (κ3) is 12.1. The second kappa shape index (κ2) is 21.8. The van der Waals surface area contributed by atoms with E-state index in [-0.39, 0.29) is 17.8 Å². The molecule has 0 spiro atoms. The Morgan fingerprint density at radius 2 is 0.645 bits per heavy atom. The predicted octanol–water partition coefficient (Wildman–Crippen LogP) is 17.7. The van der Waals surface area contributed by atoms with Gasteiger partial charge < -0.3 is 13.6 Å². The zero-order chi connectivity index (χ0) is 44.2. The van der Waals surface area contributed by atoms with E-state index >= 15 is 4.57 Å². The fourth-order valence-corrected chi connectivity index (χ4v) is 9.06. The van der Waals surface area contributed by atoms with Gasteiger partial charge in [-0.2, -0.15) is 4.57 Å². The minimum atomic E-state index is -4.52. The number of aryl methyl sites for hydroxylation is 3. The lowest BCUT2D eigenvalue weighted by atomic mass is 9.95. The molecule has 0 N–H and O–H groups in total. The highest BCUT2D eigenvalue weighted by atomic mass is 31.2. The molecule has 0 aromatic heterocycles. The molecule has 0 aliphatic rings. The third-order valence-corrected chi connectivity index (χ3v) is 13.2. The van der Waals surface area contributed by atoms with Crippen molar-refractivity contribution in [3.8, 4) is 50.6 Å². The molecule has 6 aromatic rings. The monoisotopic (exact) mass is 848 g/mol. The zero-order valence-electron chi connectivity index (χ0n) is 38.8. The van der Waals surface area contributed by atoms with E-state index in [1.807, 2.05) is 18.2 Å². The summed E-state index contributed by atoms with van der Waals surface area (Å²) in [5.41, 5.74) is 12.8. The summed E-state index contributed by atoms with van der Waals surface area (Å²) in [7, 11) is -4.52. The highest BCUT2D eigenvalue weighted by Gasteiger charge is 2.36. The number of phosphoric ester groups is 1. The lowest BCUT2D eigenvalue weighted by Crippen LogP contribution is -2.10. The van der Waals surface area contributed by atoms with Crippen LogP contribution in [0.5, 0.6) is 17.2 Å². The van der Waals surface area contributed by atoms with Gasteiger partial charge in [-0.15, -0.1) is 0 Å². The number of hydrogen-bond acceptors (Lipinski definition) is 4. The van der Waals surface area contributed by atoms with Crippen LogP contribution in [-0.4, -0.2) is 0 Å². The van der Waals surface area contributed by atoms with Crippen molar-refractivity contribution in [2.45, 2.75) is 138 Å². The van der Waals surface area contributed by atoms with Crippen molar-refractivity contribution in [3.05, 3.63) is 161 Å². The molecule has 326 valence electrons. The van der Waals surface area contributed by atoms with Crippen LogP contribution in [0.15, 0.2) is 127 Å². The highest BCUT2D eigenvalue weighted by Crippen LogP contribution is 2.55. The molecule has 0 atom stereocenters. The maximum atomic E-state index is 16.0. The number of hydrogen-bond donors (Lipinski definition) is 0. The lowest BCUT2D eigenvalue weighted by Gasteiger charge is -2.24. The van der Waals surface area contributed by atoms with Gasteiger partial charge in [0.1, 0.15) is 17.2 Å². The van der Waals surface area contributed by atoms with Gasteiger partial charge in [0.15, 0.2) is 0 Å². The summed E-state index contributed by atoms with van der Waals surface area (Å²) in [6.07, 6.45) is 9.94. The second-order valence-corrected chi connectivity index (χ2v) is 19.3. The van der Waals surface area contributed by atoms with Crippen LogP contribution in [0.3, 0.4) is 0 Å². The Morgan fingerprint density at radius 1 is 0.387 bits per heavy atom. The van der Waals surface area contributed by atoms with E-state index < -0.39 is 7.82 Å². The SMILES string of the molecule is CCCCc1ccc(-c2cc(C(C)C)ccc2OP(=O)(Oc2ccc(C(C)C)cc2-c2ccc(CCCC)cc2)Oc2ccc(C(C)C)cc2-c2ccc(CCCC)cc2)cc1. The van der Waals surface area contributed by atoms with Crippen molar-refractivity contribution < 1.29 is 18.1 Å². The summed E-state index contributed by atoms with van der Waals surface area (Å²) in [4.78, 5) is 0. The van der Waals surface area contributed by atoms with Crippen LogP contribution in [0, 0.1) is 0 Å². The van der Waals surface area contributed by atoms with Crippen LogP contribution in [0.4, 0.5) is 0 Å². The molecule has 0 heterocycles. The van der Waals surface area contributed by atoms with Crippen molar-refractivity contribution in [3.63, 3.8) is 0 Å². The topological polar surface area (TPSA) is 44.8 Å². The van der Waals surface area contributed by atoms with Gasteiger partial charge in [-0.1, -0.05) is 173 Å². The maximum Gasteiger partial charge on any atom is 0.647 e. The fourth-order valence-electron chi connectivity index (χ4n) is 7.75. The van der Waals surface area contributed by atoms with Gasteiger partial charge >= 0.3 is 7.82 Å². The molecule has 62 heavy (non-hydrogen) atoms. The molecule has 0 radical (unpaired) electrons. The van der Waals surface area contributed by atoms with E-state index in [0.29, 0.717) is 17.2 Å². The van der Waals surface area contributed by atoms with E-state index in [0.717, 1.165) is 108 Å². The molecule has 0 aliphatic heterocycles. The van der Waals surface area contributed by atoms with Crippen LogP contribution in [-0.2, 0) is 23.8 Å². The first-order valence-corrected chi connectivity index (χ1v) is 24.7. The van der Waals surface area contributed by atoms with Crippen molar-refractivity contribution in [2.75, 3.05) is 0 Å². The Balaban J connectivity index is 1.50. The Bertz CT molecular complexity index is 2120. The maximum absolute atomic E-state index is 16.0. The molecule has 0 saturated heterocycles. The van der Waals surface area contributed by atoms with Gasteiger partial charge in [0.05, 0.1) is 0 Å². The molecule has 0 amide bonds. The molecule has 5 heteroatoms. The molecular weight excluding hydrogens is 780 g/mol. The third-order valence-electron chi connectivity index (χ3n) is 11.9. The highest BCUT2D eigenvalue weighted by molar-refractivity contribution is 7.49. The quantitative estimate of drug-likeness (QED) is 0.0677. The summed E-state index contributed by atoms with van der Waals surface area (Å²) >= 11 is 0. The van der Waals surface area contributed by atoms with E-state index in [9.17, 15) is 0 Å². The minimum absolute atomic E-state index is 0.275. The molecule has 0 bridgehead atoms. The molecule has 6 rings (SSSR count). The Hall–Kier alpha value is -5.05. The Kier molecular flexibility index (Phi) is 16.4. The summed E-state index contributed by atoms with van der Waals surface area (Å²) < 4.78 is 36.4. The van der Waals surface area contributed by atoms with E-state index in [2.05, 4.69) is 172 Å². The average Bonchev–Trinajstić information content (AvgIpc) is 3.27. The molecule has 0 saturated carbocycles. The average molecular weight is 849 g/mol. The lowest BCUT2D eigenvalue weighted by molar-refractivity contribution is 0.299. The van der Waals surface area contributed by atoms with Gasteiger partial charge in [0.2, 0.25) is 0 Å². The smallest absolute Gasteiger partial charge is 0.385 e. The molecule has 0 unspecified atom stereocenters. The minimum Gasteiger partial charge on any atom is -0.385 e.